The van der Waals surface area contributed by atoms with Gasteiger partial charge in [0.1, 0.15) is 17.1 Å². The summed E-state index contributed by atoms with van der Waals surface area (Å²) >= 11 is 1.49. The predicted molar refractivity (Wildman–Crippen MR) is 66.6 cm³/mol. The molecule has 0 aromatic heterocycles. The molecule has 0 saturated heterocycles. The van der Waals surface area contributed by atoms with Gasteiger partial charge in [-0.1, -0.05) is 12.0 Å². The maximum atomic E-state index is 13.3. The molecule has 1 amide bonds. The lowest BCUT2D eigenvalue weighted by Crippen LogP contribution is -2.26. The number of aromatic hydroxyl groups is 1. The highest BCUT2D eigenvalue weighted by Gasteiger charge is 2.15. The number of halogens is 1. The van der Waals surface area contributed by atoms with Crippen molar-refractivity contribution in [2.75, 3.05) is 18.1 Å². The van der Waals surface area contributed by atoms with Crippen LogP contribution in [0.3, 0.4) is 0 Å². The van der Waals surface area contributed by atoms with Crippen molar-refractivity contribution in [3.63, 3.8) is 0 Å². The summed E-state index contributed by atoms with van der Waals surface area (Å²) in [6, 6.07) is 3.73. The number of carbonyl (C=O) groups excluding carboxylic acids is 1. The molecule has 3 nitrogen and oxygen atoms in total. The molecule has 1 rings (SSSR count). The number of amides is 1. The van der Waals surface area contributed by atoms with E-state index in [2.05, 4.69) is 11.2 Å². The summed E-state index contributed by atoms with van der Waals surface area (Å²) in [7, 11) is 0. The van der Waals surface area contributed by atoms with Gasteiger partial charge >= 0.3 is 0 Å². The van der Waals surface area contributed by atoms with Crippen LogP contribution in [0.2, 0.25) is 0 Å². The molecule has 0 fully saturated rings. The summed E-state index contributed by atoms with van der Waals surface area (Å²) < 4.78 is 13.3. The Hall–Kier alpha value is -1.67. The van der Waals surface area contributed by atoms with Crippen LogP contribution in [0.4, 0.5) is 4.39 Å². The molecule has 0 spiro atoms. The Morgan fingerprint density at radius 3 is 3.00 bits per heavy atom. The van der Waals surface area contributed by atoms with Crippen molar-refractivity contribution in [2.24, 2.45) is 0 Å². The molecule has 17 heavy (non-hydrogen) atoms. The quantitative estimate of drug-likeness (QED) is 0.619. The lowest BCUT2D eigenvalue weighted by atomic mass is 10.2. The third kappa shape index (κ3) is 4.00. The second-order valence-electron chi connectivity index (χ2n) is 3.15. The summed E-state index contributed by atoms with van der Waals surface area (Å²) in [6.45, 7) is 0.374. The fraction of sp³-hybridized carbons (Fsp3) is 0.250. The van der Waals surface area contributed by atoms with Crippen molar-refractivity contribution >= 4 is 17.7 Å². The van der Waals surface area contributed by atoms with Gasteiger partial charge in [0.25, 0.3) is 5.91 Å². The molecule has 0 aliphatic rings. The number of hydrogen-bond donors (Lipinski definition) is 2. The molecule has 2 N–H and O–H groups in total. The van der Waals surface area contributed by atoms with Crippen molar-refractivity contribution < 1.29 is 14.3 Å². The van der Waals surface area contributed by atoms with Gasteiger partial charge in [-0.3, -0.25) is 4.79 Å². The average molecular weight is 253 g/mol. The molecule has 0 unspecified atom stereocenters. The molecule has 0 aliphatic heterocycles. The maximum Gasteiger partial charge on any atom is 0.258 e. The second kappa shape index (κ2) is 6.81. The first-order valence-electron chi connectivity index (χ1n) is 4.93. The highest BCUT2D eigenvalue weighted by molar-refractivity contribution is 7.99. The van der Waals surface area contributed by atoms with Gasteiger partial charge in [-0.05, 0) is 12.1 Å². The summed E-state index contributed by atoms with van der Waals surface area (Å²) in [5.74, 6) is 1.95. The van der Waals surface area contributed by atoms with Crippen molar-refractivity contribution in [1.29, 1.82) is 0 Å². The van der Waals surface area contributed by atoms with Crippen LogP contribution < -0.4 is 5.32 Å². The number of rotatable bonds is 5. The Bertz CT molecular complexity index is 422. The molecule has 0 aliphatic carbocycles. The van der Waals surface area contributed by atoms with E-state index in [0.29, 0.717) is 18.1 Å². The summed E-state index contributed by atoms with van der Waals surface area (Å²) in [6.07, 6.45) is 5.06. The van der Waals surface area contributed by atoms with Crippen LogP contribution in [0.1, 0.15) is 10.4 Å². The number of carbonyl (C=O) groups is 1. The normalized spacial score (nSPS) is 9.65. The van der Waals surface area contributed by atoms with E-state index >= 15 is 0 Å². The lowest BCUT2D eigenvalue weighted by molar-refractivity contribution is 0.0949. The average Bonchev–Trinajstić information content (AvgIpc) is 2.28. The minimum absolute atomic E-state index is 0.325. The van der Waals surface area contributed by atoms with Crippen LogP contribution >= 0.6 is 11.8 Å². The zero-order valence-corrected chi connectivity index (χ0v) is 9.89. The van der Waals surface area contributed by atoms with E-state index in [1.165, 1.54) is 23.9 Å². The summed E-state index contributed by atoms with van der Waals surface area (Å²) in [5, 5.41) is 11.9. The van der Waals surface area contributed by atoms with Crippen LogP contribution in [-0.2, 0) is 0 Å². The topological polar surface area (TPSA) is 49.3 Å². The lowest BCUT2D eigenvalue weighted by Gasteiger charge is -2.06. The standard InChI is InChI=1S/C12H12FNO2S/c1-2-7-17-8-6-14-12(16)11-9(13)4-3-5-10(11)15/h1,3-5,15H,6-8H2,(H,14,16). The van der Waals surface area contributed by atoms with Gasteiger partial charge in [0.15, 0.2) is 0 Å². The minimum Gasteiger partial charge on any atom is -0.507 e. The number of hydrogen-bond acceptors (Lipinski definition) is 3. The zero-order valence-electron chi connectivity index (χ0n) is 9.07. The van der Waals surface area contributed by atoms with Crippen LogP contribution in [0.5, 0.6) is 5.75 Å². The second-order valence-corrected chi connectivity index (χ2v) is 4.25. The SMILES string of the molecule is C#CCSCCNC(=O)c1c(O)cccc1F. The van der Waals surface area contributed by atoms with E-state index in [9.17, 15) is 14.3 Å². The molecular formula is C12H12FNO2S. The third-order valence-electron chi connectivity index (χ3n) is 1.94. The van der Waals surface area contributed by atoms with Gasteiger partial charge in [-0.25, -0.2) is 4.39 Å². The van der Waals surface area contributed by atoms with E-state index < -0.39 is 11.7 Å². The number of thioether (sulfide) groups is 1. The van der Waals surface area contributed by atoms with Crippen LogP contribution in [0.15, 0.2) is 18.2 Å². The molecule has 5 heteroatoms. The van der Waals surface area contributed by atoms with Crippen molar-refractivity contribution in [1.82, 2.24) is 5.32 Å². The number of phenolic OH excluding ortho intramolecular Hbond substituents is 1. The van der Waals surface area contributed by atoms with E-state index in [1.807, 2.05) is 0 Å². The largest absolute Gasteiger partial charge is 0.507 e. The first-order valence-corrected chi connectivity index (χ1v) is 6.09. The van der Waals surface area contributed by atoms with Gasteiger partial charge < -0.3 is 10.4 Å². The number of phenols is 1. The third-order valence-corrected chi connectivity index (χ3v) is 2.80. The van der Waals surface area contributed by atoms with E-state index in [-0.39, 0.29) is 11.3 Å². The number of terminal acetylenes is 1. The molecule has 0 radical (unpaired) electrons. The maximum absolute atomic E-state index is 13.3. The summed E-state index contributed by atoms with van der Waals surface area (Å²) in [4.78, 5) is 11.6. The fourth-order valence-electron chi connectivity index (χ4n) is 1.19. The first kappa shape index (κ1) is 13.4. The van der Waals surface area contributed by atoms with Crippen LogP contribution in [0, 0.1) is 18.2 Å². The van der Waals surface area contributed by atoms with E-state index in [4.69, 9.17) is 6.42 Å². The van der Waals surface area contributed by atoms with Crippen molar-refractivity contribution in [3.8, 4) is 18.1 Å². The van der Waals surface area contributed by atoms with E-state index in [0.717, 1.165) is 6.07 Å². The Labute approximate surface area is 103 Å². The molecule has 0 bridgehead atoms. The molecule has 1 aromatic carbocycles. The molecule has 1 aromatic rings. The Balaban J connectivity index is 2.51. The van der Waals surface area contributed by atoms with Gasteiger partial charge in [0, 0.05) is 12.3 Å². The van der Waals surface area contributed by atoms with Crippen molar-refractivity contribution in [3.05, 3.63) is 29.6 Å². The number of benzene rings is 1. The van der Waals surface area contributed by atoms with Crippen LogP contribution in [-0.4, -0.2) is 29.1 Å². The Kier molecular flexibility index (Phi) is 5.37. The molecule has 0 atom stereocenters. The van der Waals surface area contributed by atoms with Crippen LogP contribution in [0.25, 0.3) is 0 Å². The smallest absolute Gasteiger partial charge is 0.258 e. The summed E-state index contributed by atoms with van der Waals surface area (Å²) in [5.41, 5.74) is -0.325. The highest BCUT2D eigenvalue weighted by Crippen LogP contribution is 2.19. The van der Waals surface area contributed by atoms with Gasteiger partial charge in [0.05, 0.1) is 5.75 Å². The highest BCUT2D eigenvalue weighted by atomic mass is 32.2. The van der Waals surface area contributed by atoms with Gasteiger partial charge in [0.2, 0.25) is 0 Å². The number of nitrogens with one attached hydrogen (secondary N) is 1. The first-order chi connectivity index (χ1) is 8.16. The minimum atomic E-state index is -0.737. The van der Waals surface area contributed by atoms with Gasteiger partial charge in [-0.15, -0.1) is 18.2 Å². The van der Waals surface area contributed by atoms with E-state index in [1.54, 1.807) is 0 Å². The zero-order chi connectivity index (χ0) is 12.7. The Morgan fingerprint density at radius 1 is 1.59 bits per heavy atom. The van der Waals surface area contributed by atoms with Crippen molar-refractivity contribution in [2.45, 2.75) is 0 Å². The molecule has 0 saturated carbocycles. The fourth-order valence-corrected chi connectivity index (χ4v) is 1.70. The predicted octanol–water partition coefficient (Wildman–Crippen LogP) is 1.63. The molecule has 90 valence electrons. The molecular weight excluding hydrogens is 241 g/mol. The monoisotopic (exact) mass is 253 g/mol. The molecule has 0 heterocycles. The Morgan fingerprint density at radius 2 is 2.35 bits per heavy atom. The van der Waals surface area contributed by atoms with Gasteiger partial charge in [-0.2, -0.15) is 0 Å².